The van der Waals surface area contributed by atoms with Gasteiger partial charge in [-0.1, -0.05) is 54.1 Å². The van der Waals surface area contributed by atoms with Crippen molar-refractivity contribution < 1.29 is 31.0 Å². The van der Waals surface area contributed by atoms with Gasteiger partial charge >= 0.3 is 0 Å². The fraction of sp³-hybridized carbons (Fsp3) is 0. The molecule has 258 valence electrons. The molecule has 0 aliphatic rings. The van der Waals surface area contributed by atoms with Crippen molar-refractivity contribution in [1.82, 2.24) is 0 Å². The Morgan fingerprint density at radius 2 is 0.558 bits per heavy atom. The summed E-state index contributed by atoms with van der Waals surface area (Å²) in [5, 5.41) is 0.463. The van der Waals surface area contributed by atoms with Crippen molar-refractivity contribution in [3.63, 3.8) is 0 Å². The third-order valence-corrected chi connectivity index (χ3v) is 11.8. The lowest BCUT2D eigenvalue weighted by Crippen LogP contribution is -2.01. The molecule has 0 atom stereocenters. The zero-order valence-corrected chi connectivity index (χ0v) is 29.7. The van der Waals surface area contributed by atoms with Gasteiger partial charge in [-0.3, -0.25) is 0 Å². The van der Waals surface area contributed by atoms with Crippen LogP contribution in [0.5, 0.6) is 34.5 Å². The summed E-state index contributed by atoms with van der Waals surface area (Å²) in [7, 11) is -7.42. The summed E-state index contributed by atoms with van der Waals surface area (Å²) in [5.74, 6) is 3.38. The van der Waals surface area contributed by atoms with E-state index in [4.69, 9.17) is 25.8 Å². The second-order valence-corrected chi connectivity index (χ2v) is 15.9. The van der Waals surface area contributed by atoms with Crippen LogP contribution in [0.25, 0.3) is 11.1 Å². The first-order valence-electron chi connectivity index (χ1n) is 16.0. The van der Waals surface area contributed by atoms with Crippen LogP contribution < -0.4 is 14.2 Å². The summed E-state index contributed by atoms with van der Waals surface area (Å²) >= 11 is 5.89. The Morgan fingerprint density at radius 1 is 0.308 bits per heavy atom. The second kappa shape index (κ2) is 14.8. The van der Waals surface area contributed by atoms with Crippen LogP contribution in [0.4, 0.5) is 0 Å². The first-order chi connectivity index (χ1) is 25.1. The number of benzene rings is 7. The molecule has 0 fully saturated rings. The zero-order chi connectivity index (χ0) is 36.1. The molecule has 0 aromatic heterocycles. The molecule has 7 aromatic rings. The number of hydrogen-bond donors (Lipinski definition) is 0. The van der Waals surface area contributed by atoms with E-state index in [-0.39, 0.29) is 19.6 Å². The molecular formula is C42H29ClO7S2. The molecule has 0 bridgehead atoms. The highest BCUT2D eigenvalue weighted by Crippen LogP contribution is 2.32. The molecule has 0 heterocycles. The Labute approximate surface area is 307 Å². The van der Waals surface area contributed by atoms with E-state index in [0.717, 1.165) is 11.1 Å². The van der Waals surface area contributed by atoms with Crippen LogP contribution in [0.15, 0.2) is 196 Å². The number of rotatable bonds is 11. The fourth-order valence-corrected chi connectivity index (χ4v) is 7.92. The van der Waals surface area contributed by atoms with Gasteiger partial charge in [0.25, 0.3) is 0 Å². The van der Waals surface area contributed by atoms with Crippen LogP contribution in [0.2, 0.25) is 5.02 Å². The minimum absolute atomic E-state index is 0.151. The van der Waals surface area contributed by atoms with Crippen molar-refractivity contribution in [1.29, 1.82) is 0 Å². The summed E-state index contributed by atoms with van der Waals surface area (Å²) in [6.07, 6.45) is 0. The molecular weight excluding hydrogens is 716 g/mol. The van der Waals surface area contributed by atoms with Gasteiger partial charge in [-0.15, -0.1) is 0 Å². The van der Waals surface area contributed by atoms with Gasteiger partial charge in [-0.25, -0.2) is 16.8 Å². The molecule has 7 nitrogen and oxygen atoms in total. The standard InChI is InChI=1S/C42H29ClO7S2/c43-32-10-22-39(23-11-32)51(44,45)40-26-18-37(19-27-40)49-34-12-6-30(7-13-34)31-8-14-35(15-9-31)50-38-20-28-42(29-21-38)52(46,47)41-24-16-36(17-25-41)48-33-4-2-1-3-5-33/h1-29H. The molecule has 0 saturated carbocycles. The molecule has 52 heavy (non-hydrogen) atoms. The van der Waals surface area contributed by atoms with E-state index in [1.165, 1.54) is 48.5 Å². The highest BCUT2D eigenvalue weighted by Gasteiger charge is 2.19. The summed E-state index contributed by atoms with van der Waals surface area (Å²) in [6.45, 7) is 0. The smallest absolute Gasteiger partial charge is 0.206 e. The largest absolute Gasteiger partial charge is 0.457 e. The minimum atomic E-state index is -3.74. The topological polar surface area (TPSA) is 96.0 Å². The predicted octanol–water partition coefficient (Wildman–Crippen LogP) is 11.0. The molecule has 0 radical (unpaired) electrons. The van der Waals surface area contributed by atoms with Crippen molar-refractivity contribution in [2.24, 2.45) is 0 Å². The Morgan fingerprint density at radius 3 is 0.865 bits per heavy atom. The molecule has 7 rings (SSSR count). The molecule has 0 spiro atoms. The van der Waals surface area contributed by atoms with Gasteiger partial charge in [-0.05, 0) is 145 Å². The SMILES string of the molecule is O=S(=O)(c1ccc(Cl)cc1)c1ccc(Oc2ccc(-c3ccc(Oc4ccc(S(=O)(=O)c5ccc(Oc6ccccc6)cc5)cc4)cc3)cc2)cc1. The third kappa shape index (κ3) is 7.87. The number of halogens is 1. The molecule has 7 aromatic carbocycles. The average Bonchev–Trinajstić information content (AvgIpc) is 3.17. The van der Waals surface area contributed by atoms with Gasteiger partial charge in [0.15, 0.2) is 0 Å². The summed E-state index contributed by atoms with van der Waals surface area (Å²) in [5.41, 5.74) is 1.91. The van der Waals surface area contributed by atoms with Gasteiger partial charge in [0.05, 0.1) is 19.6 Å². The quantitative estimate of drug-likeness (QED) is 0.130. The molecule has 0 amide bonds. The second-order valence-electron chi connectivity index (χ2n) is 11.5. The average molecular weight is 745 g/mol. The summed E-state index contributed by atoms with van der Waals surface area (Å²) < 4.78 is 70.0. The van der Waals surface area contributed by atoms with E-state index in [1.54, 1.807) is 48.5 Å². The van der Waals surface area contributed by atoms with Crippen LogP contribution in [0, 0.1) is 0 Å². The molecule has 0 unspecified atom stereocenters. The van der Waals surface area contributed by atoms with Gasteiger partial charge in [0, 0.05) is 5.02 Å². The summed E-state index contributed by atoms with van der Waals surface area (Å²) in [6, 6.07) is 49.2. The Bertz CT molecular complexity index is 2500. The van der Waals surface area contributed by atoms with Gasteiger partial charge in [0.1, 0.15) is 34.5 Å². The Kier molecular flexibility index (Phi) is 9.82. The molecule has 10 heteroatoms. The predicted molar refractivity (Wildman–Crippen MR) is 200 cm³/mol. The highest BCUT2D eigenvalue weighted by atomic mass is 35.5. The van der Waals surface area contributed by atoms with E-state index >= 15 is 0 Å². The highest BCUT2D eigenvalue weighted by molar-refractivity contribution is 7.91. The lowest BCUT2D eigenvalue weighted by Gasteiger charge is -2.10. The zero-order valence-electron chi connectivity index (χ0n) is 27.3. The van der Waals surface area contributed by atoms with E-state index in [1.807, 2.05) is 78.9 Å². The van der Waals surface area contributed by atoms with Crippen LogP contribution in [0.1, 0.15) is 0 Å². The lowest BCUT2D eigenvalue weighted by atomic mass is 10.1. The first kappa shape index (κ1) is 34.6. The van der Waals surface area contributed by atoms with Gasteiger partial charge in [-0.2, -0.15) is 0 Å². The van der Waals surface area contributed by atoms with Crippen molar-refractivity contribution >= 4 is 31.3 Å². The number of hydrogen-bond acceptors (Lipinski definition) is 7. The molecule has 0 aliphatic carbocycles. The normalized spacial score (nSPS) is 11.5. The van der Waals surface area contributed by atoms with Crippen LogP contribution in [-0.4, -0.2) is 16.8 Å². The maximum Gasteiger partial charge on any atom is 0.206 e. The van der Waals surface area contributed by atoms with Crippen molar-refractivity contribution in [3.8, 4) is 45.6 Å². The van der Waals surface area contributed by atoms with E-state index in [2.05, 4.69) is 0 Å². The van der Waals surface area contributed by atoms with Gasteiger partial charge < -0.3 is 14.2 Å². The lowest BCUT2D eigenvalue weighted by molar-refractivity contribution is 0.481. The van der Waals surface area contributed by atoms with Crippen LogP contribution >= 0.6 is 11.6 Å². The summed E-state index contributed by atoms with van der Waals surface area (Å²) in [4.78, 5) is 0.632. The van der Waals surface area contributed by atoms with Crippen molar-refractivity contribution in [2.45, 2.75) is 19.6 Å². The third-order valence-electron chi connectivity index (χ3n) is 8.02. The van der Waals surface area contributed by atoms with Crippen LogP contribution in [0.3, 0.4) is 0 Å². The number of ether oxygens (including phenoxy) is 3. The monoisotopic (exact) mass is 744 g/mol. The van der Waals surface area contributed by atoms with E-state index in [0.29, 0.717) is 39.5 Å². The van der Waals surface area contributed by atoms with E-state index in [9.17, 15) is 16.8 Å². The maximum atomic E-state index is 13.2. The van der Waals surface area contributed by atoms with Crippen molar-refractivity contribution in [3.05, 3.63) is 181 Å². The Hall–Kier alpha value is -5.87. The van der Waals surface area contributed by atoms with E-state index < -0.39 is 19.7 Å². The maximum absolute atomic E-state index is 13.2. The molecule has 0 saturated heterocycles. The number of para-hydroxylation sites is 1. The van der Waals surface area contributed by atoms with Crippen LogP contribution in [-0.2, 0) is 19.7 Å². The number of sulfone groups is 2. The van der Waals surface area contributed by atoms with Gasteiger partial charge in [0.2, 0.25) is 19.7 Å². The first-order valence-corrected chi connectivity index (χ1v) is 19.3. The fourth-order valence-electron chi connectivity index (χ4n) is 5.27. The van der Waals surface area contributed by atoms with Crippen molar-refractivity contribution in [2.75, 3.05) is 0 Å². The molecule has 0 aliphatic heterocycles. The Balaban J connectivity index is 0.948. The molecule has 0 N–H and O–H groups in total. The minimum Gasteiger partial charge on any atom is -0.457 e.